The van der Waals surface area contributed by atoms with E-state index in [9.17, 15) is 4.79 Å². The fourth-order valence-electron chi connectivity index (χ4n) is 2.22. The van der Waals surface area contributed by atoms with Gasteiger partial charge < -0.3 is 11.1 Å². The maximum Gasteiger partial charge on any atom is 0.272 e. The molecule has 0 spiro atoms. The topological polar surface area (TPSA) is 85.8 Å². The number of rotatable bonds is 3. The molecule has 3 N–H and O–H groups in total. The maximum absolute atomic E-state index is 12.3. The molecule has 2 aromatic heterocycles. The lowest BCUT2D eigenvalue weighted by molar-refractivity contribution is 0.0932. The van der Waals surface area contributed by atoms with E-state index in [0.29, 0.717) is 17.1 Å². The summed E-state index contributed by atoms with van der Waals surface area (Å²) in [6.45, 7) is 7.63. The Balaban J connectivity index is 2.21. The summed E-state index contributed by atoms with van der Waals surface area (Å²) in [5.74, 6) is -0.219. The van der Waals surface area contributed by atoms with Gasteiger partial charge in [0.2, 0.25) is 0 Å². The normalized spacial score (nSPS) is 12.4. The van der Waals surface area contributed by atoms with Gasteiger partial charge in [-0.15, -0.1) is 11.3 Å². The van der Waals surface area contributed by atoms with Crippen molar-refractivity contribution in [2.45, 2.75) is 33.7 Å². The molecule has 2 heterocycles. The minimum Gasteiger partial charge on any atom is -0.395 e. The Labute approximate surface area is 122 Å². The van der Waals surface area contributed by atoms with Crippen molar-refractivity contribution < 1.29 is 4.79 Å². The number of nitrogens with one attached hydrogen (secondary N) is 1. The molecule has 0 aliphatic heterocycles. The number of aromatic nitrogens is 3. The van der Waals surface area contributed by atoms with Crippen molar-refractivity contribution in [3.8, 4) is 0 Å². The second-order valence-corrected chi connectivity index (χ2v) is 6.08. The van der Waals surface area contributed by atoms with Gasteiger partial charge in [-0.2, -0.15) is 5.10 Å². The lowest BCUT2D eigenvalue weighted by Crippen LogP contribution is -2.29. The average Bonchev–Trinajstić information content (AvgIpc) is 2.79. The lowest BCUT2D eigenvalue weighted by atomic mass is 10.2. The fraction of sp³-hybridized carbons (Fsp3) is 0.462. The number of amides is 1. The van der Waals surface area contributed by atoms with Crippen LogP contribution in [0.25, 0.3) is 0 Å². The molecule has 6 nitrogen and oxygen atoms in total. The first kappa shape index (κ1) is 14.5. The third-order valence-corrected chi connectivity index (χ3v) is 4.42. The van der Waals surface area contributed by atoms with Gasteiger partial charge in [0.15, 0.2) is 0 Å². The van der Waals surface area contributed by atoms with E-state index in [1.54, 1.807) is 25.3 Å². The molecule has 1 amide bonds. The first-order valence-electron chi connectivity index (χ1n) is 6.35. The average molecular weight is 293 g/mol. The van der Waals surface area contributed by atoms with E-state index < -0.39 is 0 Å². The number of anilines is 1. The van der Waals surface area contributed by atoms with Crippen LogP contribution in [0.2, 0.25) is 0 Å². The van der Waals surface area contributed by atoms with Gasteiger partial charge in [0, 0.05) is 11.9 Å². The van der Waals surface area contributed by atoms with Crippen molar-refractivity contribution in [2.24, 2.45) is 7.05 Å². The molecule has 0 aliphatic carbocycles. The molecule has 0 radical (unpaired) electrons. The van der Waals surface area contributed by atoms with Crippen molar-refractivity contribution >= 4 is 22.9 Å². The zero-order valence-electron chi connectivity index (χ0n) is 12.3. The summed E-state index contributed by atoms with van der Waals surface area (Å²) in [6, 6.07) is -0.108. The number of aryl methyl sites for hydroxylation is 4. The largest absolute Gasteiger partial charge is 0.395 e. The van der Waals surface area contributed by atoms with E-state index in [-0.39, 0.29) is 11.9 Å². The summed E-state index contributed by atoms with van der Waals surface area (Å²) in [5, 5.41) is 8.10. The van der Waals surface area contributed by atoms with Crippen LogP contribution < -0.4 is 11.1 Å². The summed E-state index contributed by atoms with van der Waals surface area (Å²) in [7, 11) is 1.71. The third kappa shape index (κ3) is 2.53. The zero-order chi connectivity index (χ0) is 15.0. The Hall–Kier alpha value is -1.89. The van der Waals surface area contributed by atoms with E-state index in [1.807, 2.05) is 20.8 Å². The van der Waals surface area contributed by atoms with Crippen LogP contribution in [-0.4, -0.2) is 20.7 Å². The van der Waals surface area contributed by atoms with E-state index in [2.05, 4.69) is 15.4 Å². The summed E-state index contributed by atoms with van der Waals surface area (Å²) in [5.41, 5.74) is 8.34. The van der Waals surface area contributed by atoms with Crippen LogP contribution in [0.15, 0.2) is 0 Å². The molecular weight excluding hydrogens is 274 g/mol. The Morgan fingerprint density at radius 1 is 1.35 bits per heavy atom. The molecule has 108 valence electrons. The SMILES string of the molecule is Cc1nc(C)c(C(C)NC(=O)c2c(N)c(C)nn2C)s1. The molecule has 0 fully saturated rings. The van der Waals surface area contributed by atoms with Crippen LogP contribution >= 0.6 is 11.3 Å². The van der Waals surface area contributed by atoms with Gasteiger partial charge in [-0.1, -0.05) is 0 Å². The molecule has 2 rings (SSSR count). The minimum atomic E-state index is -0.219. The Bertz CT molecular complexity index is 658. The summed E-state index contributed by atoms with van der Waals surface area (Å²) >= 11 is 1.59. The zero-order valence-corrected chi connectivity index (χ0v) is 13.1. The molecule has 0 saturated heterocycles. The highest BCUT2D eigenvalue weighted by molar-refractivity contribution is 7.11. The van der Waals surface area contributed by atoms with E-state index in [0.717, 1.165) is 15.6 Å². The van der Waals surface area contributed by atoms with Crippen molar-refractivity contribution in [2.75, 3.05) is 5.73 Å². The number of nitrogens with zero attached hydrogens (tertiary/aromatic N) is 3. The summed E-state index contributed by atoms with van der Waals surface area (Å²) in [6.07, 6.45) is 0. The van der Waals surface area contributed by atoms with Crippen LogP contribution in [0.5, 0.6) is 0 Å². The van der Waals surface area contributed by atoms with E-state index >= 15 is 0 Å². The molecular formula is C13H19N5OS. The lowest BCUT2D eigenvalue weighted by Gasteiger charge is -2.13. The second kappa shape index (κ2) is 5.24. The van der Waals surface area contributed by atoms with Gasteiger partial charge in [-0.05, 0) is 27.7 Å². The quantitative estimate of drug-likeness (QED) is 0.904. The third-order valence-electron chi connectivity index (χ3n) is 3.16. The van der Waals surface area contributed by atoms with E-state index in [1.165, 1.54) is 4.68 Å². The standard InChI is InChI=1S/C13H19N5OS/c1-6-10(14)11(18(5)17-6)13(19)16-8(3)12-7(2)15-9(4)20-12/h8H,14H2,1-5H3,(H,16,19). The molecule has 1 unspecified atom stereocenters. The molecule has 2 aromatic rings. The number of nitrogens with two attached hydrogens (primary N) is 1. The number of hydrogen-bond donors (Lipinski definition) is 2. The highest BCUT2D eigenvalue weighted by atomic mass is 32.1. The van der Waals surface area contributed by atoms with Gasteiger partial charge in [-0.3, -0.25) is 9.48 Å². The van der Waals surface area contributed by atoms with Gasteiger partial charge in [-0.25, -0.2) is 4.98 Å². The van der Waals surface area contributed by atoms with Gasteiger partial charge in [0.25, 0.3) is 5.91 Å². The monoisotopic (exact) mass is 293 g/mol. The molecule has 0 aliphatic rings. The van der Waals surface area contributed by atoms with Gasteiger partial charge in [0.05, 0.1) is 28.1 Å². The second-order valence-electron chi connectivity index (χ2n) is 4.85. The first-order valence-corrected chi connectivity index (χ1v) is 7.16. The molecule has 0 saturated carbocycles. The summed E-state index contributed by atoms with van der Waals surface area (Å²) < 4.78 is 1.51. The smallest absolute Gasteiger partial charge is 0.272 e. The van der Waals surface area contributed by atoms with E-state index in [4.69, 9.17) is 5.73 Å². The van der Waals surface area contributed by atoms with Crippen molar-refractivity contribution in [1.82, 2.24) is 20.1 Å². The number of nitrogen functional groups attached to an aromatic ring is 1. The van der Waals surface area contributed by atoms with Crippen molar-refractivity contribution in [1.29, 1.82) is 0 Å². The first-order chi connectivity index (χ1) is 9.31. The number of carbonyl (C=O) groups is 1. The van der Waals surface area contributed by atoms with Gasteiger partial charge in [0.1, 0.15) is 5.69 Å². The Kier molecular flexibility index (Phi) is 3.80. The van der Waals surface area contributed by atoms with Crippen molar-refractivity contribution in [3.63, 3.8) is 0 Å². The van der Waals surface area contributed by atoms with Crippen LogP contribution in [0.1, 0.15) is 44.7 Å². The fourth-order valence-corrected chi connectivity index (χ4v) is 3.15. The van der Waals surface area contributed by atoms with Crippen LogP contribution in [0.4, 0.5) is 5.69 Å². The summed E-state index contributed by atoms with van der Waals surface area (Å²) in [4.78, 5) is 17.8. The number of hydrogen-bond acceptors (Lipinski definition) is 5. The number of carbonyl (C=O) groups excluding carboxylic acids is 1. The van der Waals surface area contributed by atoms with Crippen molar-refractivity contribution in [3.05, 3.63) is 27.0 Å². The molecule has 20 heavy (non-hydrogen) atoms. The van der Waals surface area contributed by atoms with Crippen LogP contribution in [0.3, 0.4) is 0 Å². The van der Waals surface area contributed by atoms with Crippen LogP contribution in [0, 0.1) is 20.8 Å². The molecule has 1 atom stereocenters. The minimum absolute atomic E-state index is 0.108. The van der Waals surface area contributed by atoms with Gasteiger partial charge >= 0.3 is 0 Å². The van der Waals surface area contributed by atoms with Crippen LogP contribution in [-0.2, 0) is 7.05 Å². The Morgan fingerprint density at radius 3 is 2.45 bits per heavy atom. The Morgan fingerprint density at radius 2 is 2.00 bits per heavy atom. The molecule has 0 aromatic carbocycles. The highest BCUT2D eigenvalue weighted by Crippen LogP contribution is 2.25. The maximum atomic E-state index is 12.3. The molecule has 7 heteroatoms. The predicted octanol–water partition coefficient (Wildman–Crippen LogP) is 1.88. The molecule has 0 bridgehead atoms. The predicted molar refractivity (Wildman–Crippen MR) is 79.8 cm³/mol. The number of thiazole rings is 1. The highest BCUT2D eigenvalue weighted by Gasteiger charge is 2.21.